The molecule has 0 bridgehead atoms. The van der Waals surface area contributed by atoms with E-state index in [1.165, 1.54) is 11.3 Å². The van der Waals surface area contributed by atoms with Crippen molar-refractivity contribution < 1.29 is 5.73 Å². The lowest BCUT2D eigenvalue weighted by atomic mass is 10.2. The minimum Gasteiger partial charge on any atom is -0.354 e. The van der Waals surface area contributed by atoms with Gasteiger partial charge in [0, 0.05) is 0 Å². The van der Waals surface area contributed by atoms with Crippen molar-refractivity contribution in [1.29, 1.82) is 0 Å². The molecule has 0 aliphatic rings. The van der Waals surface area contributed by atoms with E-state index in [9.17, 15) is 0 Å². The van der Waals surface area contributed by atoms with Crippen molar-refractivity contribution in [2.45, 2.75) is 20.4 Å². The largest absolute Gasteiger partial charge is 0.354 e. The number of hydrogen-bond donors (Lipinski definition) is 1. The first-order valence-corrected chi connectivity index (χ1v) is 5.14. The Balaban J connectivity index is 2.55. The molecule has 1 heterocycles. The molecular weight excluding hydrogens is 186 g/mol. The van der Waals surface area contributed by atoms with Crippen LogP contribution in [0.3, 0.4) is 0 Å². The molecule has 0 spiro atoms. The van der Waals surface area contributed by atoms with Gasteiger partial charge >= 0.3 is 0 Å². The molecule has 0 atom stereocenters. The minimum atomic E-state index is 0.796. The summed E-state index contributed by atoms with van der Waals surface area (Å²) in [7, 11) is 0. The van der Waals surface area contributed by atoms with Gasteiger partial charge < -0.3 is 5.73 Å². The molecule has 2 aromatic rings. The van der Waals surface area contributed by atoms with Crippen LogP contribution in [0.4, 0.5) is 0 Å². The van der Waals surface area contributed by atoms with Crippen LogP contribution in [0.25, 0.3) is 5.69 Å². The summed E-state index contributed by atoms with van der Waals surface area (Å²) in [5, 5.41) is 4.53. The molecule has 3 heteroatoms. The summed E-state index contributed by atoms with van der Waals surface area (Å²) in [4.78, 5) is 0. The van der Waals surface area contributed by atoms with E-state index in [1.54, 1.807) is 0 Å². The molecule has 0 saturated carbocycles. The third kappa shape index (κ3) is 1.66. The monoisotopic (exact) mass is 202 g/mol. The number of aromatic nitrogens is 2. The van der Waals surface area contributed by atoms with Gasteiger partial charge in [0.15, 0.2) is 0 Å². The number of aryl methyl sites for hydroxylation is 1. The molecule has 3 nitrogen and oxygen atoms in total. The fraction of sp³-hybridized carbons (Fsp3) is 0.250. The van der Waals surface area contributed by atoms with E-state index in [2.05, 4.69) is 29.9 Å². The zero-order valence-corrected chi connectivity index (χ0v) is 9.20. The van der Waals surface area contributed by atoms with E-state index < -0.39 is 0 Å². The fourth-order valence-electron chi connectivity index (χ4n) is 1.86. The first-order chi connectivity index (χ1) is 7.24. The van der Waals surface area contributed by atoms with Crippen LogP contribution in [-0.2, 0) is 6.54 Å². The van der Waals surface area contributed by atoms with E-state index in [-0.39, 0.29) is 0 Å². The summed E-state index contributed by atoms with van der Waals surface area (Å²) in [5.41, 5.74) is 8.55. The normalized spacial score (nSPS) is 10.6. The van der Waals surface area contributed by atoms with Gasteiger partial charge in [-0.2, -0.15) is 5.10 Å². The highest BCUT2D eigenvalue weighted by molar-refractivity contribution is 5.36. The Morgan fingerprint density at radius 2 is 1.87 bits per heavy atom. The Hall–Kier alpha value is -1.61. The predicted molar refractivity (Wildman–Crippen MR) is 59.6 cm³/mol. The Bertz CT molecular complexity index is 457. The van der Waals surface area contributed by atoms with Crippen molar-refractivity contribution in [2.75, 3.05) is 0 Å². The highest BCUT2D eigenvalue weighted by Gasteiger charge is 2.11. The summed E-state index contributed by atoms with van der Waals surface area (Å²) in [6, 6.07) is 10.2. The van der Waals surface area contributed by atoms with E-state index in [1.807, 2.05) is 29.8 Å². The molecule has 1 aromatic heterocycles. The van der Waals surface area contributed by atoms with Crippen molar-refractivity contribution in [3.05, 3.63) is 47.3 Å². The Morgan fingerprint density at radius 3 is 2.40 bits per heavy atom. The highest BCUT2D eigenvalue weighted by Crippen LogP contribution is 2.16. The fourth-order valence-corrected chi connectivity index (χ4v) is 1.86. The molecule has 15 heavy (non-hydrogen) atoms. The summed E-state index contributed by atoms with van der Waals surface area (Å²) >= 11 is 0. The summed E-state index contributed by atoms with van der Waals surface area (Å²) in [6.45, 7) is 4.92. The molecule has 3 N–H and O–H groups in total. The topological polar surface area (TPSA) is 45.5 Å². The maximum atomic E-state index is 4.53. The van der Waals surface area contributed by atoms with Gasteiger partial charge in [-0.25, -0.2) is 4.68 Å². The second-order valence-corrected chi connectivity index (χ2v) is 3.65. The molecule has 78 valence electrons. The number of quaternary nitrogens is 1. The first-order valence-electron chi connectivity index (χ1n) is 5.14. The molecule has 0 fully saturated rings. The van der Waals surface area contributed by atoms with Crippen LogP contribution >= 0.6 is 0 Å². The van der Waals surface area contributed by atoms with Crippen LogP contribution in [0.2, 0.25) is 0 Å². The SMILES string of the molecule is Cc1nn(-c2ccccc2)c(C)c1C[NH3+]. The van der Waals surface area contributed by atoms with Crippen molar-refractivity contribution in [2.24, 2.45) is 0 Å². The van der Waals surface area contributed by atoms with Gasteiger partial charge in [-0.1, -0.05) is 18.2 Å². The van der Waals surface area contributed by atoms with Crippen molar-refractivity contribution in [3.63, 3.8) is 0 Å². The first kappa shape index (κ1) is 9.93. The number of rotatable bonds is 2. The number of hydrogen-bond acceptors (Lipinski definition) is 1. The Morgan fingerprint density at radius 1 is 1.20 bits per heavy atom. The van der Waals surface area contributed by atoms with Gasteiger partial charge in [-0.05, 0) is 26.0 Å². The van der Waals surface area contributed by atoms with Crippen molar-refractivity contribution >= 4 is 0 Å². The van der Waals surface area contributed by atoms with E-state index in [0.717, 1.165) is 17.9 Å². The third-order valence-corrected chi connectivity index (χ3v) is 2.69. The molecule has 0 aliphatic heterocycles. The quantitative estimate of drug-likeness (QED) is 0.782. The molecule has 0 unspecified atom stereocenters. The number of nitrogens with zero attached hydrogens (tertiary/aromatic N) is 2. The average Bonchev–Trinajstić information content (AvgIpc) is 2.55. The van der Waals surface area contributed by atoms with Crippen molar-refractivity contribution in [1.82, 2.24) is 9.78 Å². The molecule has 2 rings (SSSR count). The van der Waals surface area contributed by atoms with E-state index in [4.69, 9.17) is 0 Å². The van der Waals surface area contributed by atoms with Crippen molar-refractivity contribution in [3.8, 4) is 5.69 Å². The second-order valence-electron chi connectivity index (χ2n) is 3.65. The van der Waals surface area contributed by atoms with Crippen LogP contribution in [0, 0.1) is 13.8 Å². The average molecular weight is 202 g/mol. The van der Waals surface area contributed by atoms with Gasteiger partial charge in [0.05, 0.1) is 22.6 Å². The predicted octanol–water partition coefficient (Wildman–Crippen LogP) is 1.23. The van der Waals surface area contributed by atoms with E-state index in [0.29, 0.717) is 0 Å². The zero-order chi connectivity index (χ0) is 10.8. The molecule has 0 aliphatic carbocycles. The van der Waals surface area contributed by atoms with Crippen LogP contribution in [-0.4, -0.2) is 9.78 Å². The summed E-state index contributed by atoms with van der Waals surface area (Å²) in [6.07, 6.45) is 0. The third-order valence-electron chi connectivity index (χ3n) is 2.69. The standard InChI is InChI=1S/C12H15N3/c1-9-12(8-13)10(2)15(14-9)11-6-4-3-5-7-11/h3-7H,8,13H2,1-2H3/p+1. The van der Waals surface area contributed by atoms with Crippen LogP contribution in [0.1, 0.15) is 17.0 Å². The molecular formula is C12H16N3+. The van der Waals surface area contributed by atoms with Crippen LogP contribution in [0.15, 0.2) is 30.3 Å². The van der Waals surface area contributed by atoms with Gasteiger partial charge in [0.25, 0.3) is 0 Å². The number of para-hydroxylation sites is 1. The maximum Gasteiger partial charge on any atom is 0.103 e. The van der Waals surface area contributed by atoms with Gasteiger partial charge in [-0.15, -0.1) is 0 Å². The van der Waals surface area contributed by atoms with Crippen LogP contribution in [0.5, 0.6) is 0 Å². The minimum absolute atomic E-state index is 0.796. The lowest BCUT2D eigenvalue weighted by molar-refractivity contribution is -0.386. The maximum absolute atomic E-state index is 4.53. The smallest absolute Gasteiger partial charge is 0.103 e. The second kappa shape index (κ2) is 3.87. The Labute approximate surface area is 89.5 Å². The lowest BCUT2D eigenvalue weighted by Crippen LogP contribution is -2.47. The highest BCUT2D eigenvalue weighted by atomic mass is 15.3. The molecule has 0 saturated heterocycles. The zero-order valence-electron chi connectivity index (χ0n) is 9.20. The van der Waals surface area contributed by atoms with Gasteiger partial charge in [0.1, 0.15) is 6.54 Å². The summed E-state index contributed by atoms with van der Waals surface area (Å²) < 4.78 is 1.98. The summed E-state index contributed by atoms with van der Waals surface area (Å²) in [5.74, 6) is 0. The number of benzene rings is 1. The molecule has 0 radical (unpaired) electrons. The van der Waals surface area contributed by atoms with E-state index >= 15 is 0 Å². The van der Waals surface area contributed by atoms with Gasteiger partial charge in [-0.3, -0.25) is 0 Å². The molecule has 1 aromatic carbocycles. The Kier molecular flexibility index (Phi) is 2.56. The lowest BCUT2D eigenvalue weighted by Gasteiger charge is -2.03. The van der Waals surface area contributed by atoms with Gasteiger partial charge in [0.2, 0.25) is 0 Å². The molecule has 0 amide bonds. The van der Waals surface area contributed by atoms with Crippen LogP contribution < -0.4 is 5.73 Å².